The summed E-state index contributed by atoms with van der Waals surface area (Å²) in [7, 11) is 0. The number of nitrogens with zero attached hydrogens (tertiary/aromatic N) is 2. The number of halogens is 1. The Balaban J connectivity index is 1.53. The highest BCUT2D eigenvalue weighted by Crippen LogP contribution is 2.44. The van der Waals surface area contributed by atoms with Gasteiger partial charge < -0.3 is 15.0 Å². The number of hydrogen-bond donors (Lipinski definition) is 1. The molecule has 138 valence electrons. The molecule has 1 saturated heterocycles. The van der Waals surface area contributed by atoms with E-state index in [1.165, 1.54) is 0 Å². The number of rotatable bonds is 2. The van der Waals surface area contributed by atoms with Gasteiger partial charge in [0.1, 0.15) is 5.75 Å². The van der Waals surface area contributed by atoms with E-state index in [-0.39, 0.29) is 5.91 Å². The Morgan fingerprint density at radius 3 is 2.96 bits per heavy atom. The maximum absolute atomic E-state index is 12.9. The Hall–Kier alpha value is -2.15. The van der Waals surface area contributed by atoms with Gasteiger partial charge in [0.05, 0.1) is 10.2 Å². The fraction of sp³-hybridized carbons (Fsp3) is 0.300. The summed E-state index contributed by atoms with van der Waals surface area (Å²) in [5.74, 6) is 0.833. The first-order valence-corrected chi connectivity index (χ1v) is 10.3. The summed E-state index contributed by atoms with van der Waals surface area (Å²) in [5, 5.41) is 5.96. The van der Waals surface area contributed by atoms with Crippen molar-refractivity contribution in [1.29, 1.82) is 0 Å². The van der Waals surface area contributed by atoms with Crippen molar-refractivity contribution in [3.8, 4) is 16.9 Å². The molecular formula is C20H18ClN3O2S. The van der Waals surface area contributed by atoms with E-state index in [9.17, 15) is 4.79 Å². The maximum Gasteiger partial charge on any atom is 0.264 e. The van der Waals surface area contributed by atoms with Crippen LogP contribution in [-0.2, 0) is 11.2 Å². The molecule has 0 saturated carbocycles. The van der Waals surface area contributed by atoms with Gasteiger partial charge in [0.15, 0.2) is 6.10 Å². The average Bonchev–Trinajstić information content (AvgIpc) is 3.34. The van der Waals surface area contributed by atoms with Crippen molar-refractivity contribution < 1.29 is 9.53 Å². The minimum absolute atomic E-state index is 0.0609. The molecule has 2 aromatic heterocycles. The molecule has 1 amide bonds. The van der Waals surface area contributed by atoms with Gasteiger partial charge in [-0.15, -0.1) is 11.3 Å². The van der Waals surface area contributed by atoms with Gasteiger partial charge in [-0.1, -0.05) is 11.6 Å². The number of piperazine rings is 1. The molecule has 0 aliphatic carbocycles. The molecule has 0 bridgehead atoms. The lowest BCUT2D eigenvalue weighted by molar-refractivity contribution is -0.138. The summed E-state index contributed by atoms with van der Waals surface area (Å²) in [6.45, 7) is 3.11. The van der Waals surface area contributed by atoms with Crippen LogP contribution in [0.5, 0.6) is 5.75 Å². The number of ether oxygens (including phenoxy) is 1. The third-order valence-corrected chi connectivity index (χ3v) is 6.29. The van der Waals surface area contributed by atoms with Crippen LogP contribution in [-0.4, -0.2) is 48.1 Å². The van der Waals surface area contributed by atoms with Crippen LogP contribution in [0.25, 0.3) is 21.3 Å². The van der Waals surface area contributed by atoms with Gasteiger partial charge in [-0.2, -0.15) is 0 Å². The van der Waals surface area contributed by atoms with Crippen molar-refractivity contribution in [3.63, 3.8) is 0 Å². The molecule has 2 aliphatic rings. The number of hydrogen-bond acceptors (Lipinski definition) is 5. The Labute approximate surface area is 165 Å². The fourth-order valence-corrected chi connectivity index (χ4v) is 4.96. The Kier molecular flexibility index (Phi) is 4.27. The monoisotopic (exact) mass is 399 g/mol. The Bertz CT molecular complexity index is 1030. The van der Waals surface area contributed by atoms with Crippen molar-refractivity contribution in [2.75, 3.05) is 26.2 Å². The van der Waals surface area contributed by atoms with Crippen LogP contribution in [0.1, 0.15) is 5.56 Å². The topological polar surface area (TPSA) is 54.5 Å². The lowest BCUT2D eigenvalue weighted by Crippen LogP contribution is -2.50. The highest BCUT2D eigenvalue weighted by Gasteiger charge is 2.35. The summed E-state index contributed by atoms with van der Waals surface area (Å²) in [6, 6.07) is 7.83. The quantitative estimate of drug-likeness (QED) is 0.718. The van der Waals surface area contributed by atoms with E-state index in [0.29, 0.717) is 11.4 Å². The van der Waals surface area contributed by atoms with E-state index in [4.69, 9.17) is 16.3 Å². The lowest BCUT2D eigenvalue weighted by Gasteiger charge is -2.29. The third-order valence-electron chi connectivity index (χ3n) is 5.13. The first kappa shape index (κ1) is 17.0. The van der Waals surface area contributed by atoms with E-state index >= 15 is 0 Å². The number of carbonyl (C=O) groups excluding carboxylic acids is 1. The SMILES string of the molecule is O=C(C1Cc2cc(Cl)cc(-c3ccnc4ccsc34)c2O1)N1CCNCC1. The van der Waals surface area contributed by atoms with Gasteiger partial charge in [0, 0.05) is 60.5 Å². The van der Waals surface area contributed by atoms with Crippen LogP contribution in [0.3, 0.4) is 0 Å². The van der Waals surface area contributed by atoms with Crippen molar-refractivity contribution in [3.05, 3.63) is 46.4 Å². The summed E-state index contributed by atoms with van der Waals surface area (Å²) in [5.41, 5.74) is 3.93. The number of pyridine rings is 1. The van der Waals surface area contributed by atoms with Gasteiger partial charge in [0.2, 0.25) is 0 Å². The van der Waals surface area contributed by atoms with Crippen LogP contribution in [0.2, 0.25) is 5.02 Å². The highest BCUT2D eigenvalue weighted by molar-refractivity contribution is 7.17. The second-order valence-corrected chi connectivity index (χ2v) is 8.17. The number of fused-ring (bicyclic) bond motifs is 2. The molecule has 1 aromatic carbocycles. The molecule has 2 aliphatic heterocycles. The Morgan fingerprint density at radius 2 is 2.11 bits per heavy atom. The molecule has 3 aromatic rings. The maximum atomic E-state index is 12.9. The zero-order valence-corrected chi connectivity index (χ0v) is 16.1. The van der Waals surface area contributed by atoms with Crippen LogP contribution in [0.15, 0.2) is 35.8 Å². The number of aromatic nitrogens is 1. The predicted molar refractivity (Wildman–Crippen MR) is 108 cm³/mol. The van der Waals surface area contributed by atoms with Crippen molar-refractivity contribution in [2.45, 2.75) is 12.5 Å². The minimum Gasteiger partial charge on any atom is -0.479 e. The third kappa shape index (κ3) is 2.98. The van der Waals surface area contributed by atoms with E-state index in [1.54, 1.807) is 17.5 Å². The minimum atomic E-state index is -0.476. The molecule has 1 fully saturated rings. The first-order chi connectivity index (χ1) is 13.2. The average molecular weight is 400 g/mol. The first-order valence-electron chi connectivity index (χ1n) is 9.02. The largest absolute Gasteiger partial charge is 0.479 e. The molecule has 1 unspecified atom stereocenters. The summed E-state index contributed by atoms with van der Waals surface area (Å²) in [6.07, 6.45) is 1.89. The molecule has 5 rings (SSSR count). The van der Waals surface area contributed by atoms with Crippen LogP contribution in [0.4, 0.5) is 0 Å². The standard InChI is InChI=1S/C20H18ClN3O2S/c21-13-9-12-10-17(20(25)24-6-4-22-5-7-24)26-18(12)15(11-13)14-1-3-23-16-2-8-27-19(14)16/h1-3,8-9,11,17,22H,4-7,10H2. The van der Waals surface area contributed by atoms with Crippen molar-refractivity contribution in [1.82, 2.24) is 15.2 Å². The molecule has 5 nitrogen and oxygen atoms in total. The normalized spacial score (nSPS) is 19.1. The number of thiophene rings is 1. The molecular weight excluding hydrogens is 382 g/mol. The van der Waals surface area contributed by atoms with Gasteiger partial charge in [0.25, 0.3) is 5.91 Å². The smallest absolute Gasteiger partial charge is 0.264 e. The van der Waals surface area contributed by atoms with Crippen LogP contribution >= 0.6 is 22.9 Å². The highest BCUT2D eigenvalue weighted by atomic mass is 35.5. The van der Waals surface area contributed by atoms with E-state index in [0.717, 1.165) is 58.8 Å². The summed E-state index contributed by atoms with van der Waals surface area (Å²) in [4.78, 5) is 19.2. The molecule has 0 radical (unpaired) electrons. The van der Waals surface area contributed by atoms with Gasteiger partial charge in [-0.3, -0.25) is 9.78 Å². The Morgan fingerprint density at radius 1 is 1.26 bits per heavy atom. The number of carbonyl (C=O) groups is 1. The van der Waals surface area contributed by atoms with E-state index < -0.39 is 6.10 Å². The van der Waals surface area contributed by atoms with Gasteiger partial charge in [-0.25, -0.2) is 0 Å². The summed E-state index contributed by atoms with van der Waals surface area (Å²) >= 11 is 8.05. The van der Waals surface area contributed by atoms with Crippen molar-refractivity contribution >= 4 is 39.1 Å². The van der Waals surface area contributed by atoms with E-state index in [1.807, 2.05) is 34.5 Å². The molecule has 4 heterocycles. The zero-order chi connectivity index (χ0) is 18.4. The fourth-order valence-electron chi connectivity index (χ4n) is 3.84. The lowest BCUT2D eigenvalue weighted by atomic mass is 10.0. The second kappa shape index (κ2) is 6.78. The molecule has 0 spiro atoms. The summed E-state index contributed by atoms with van der Waals surface area (Å²) < 4.78 is 7.30. The number of nitrogens with one attached hydrogen (secondary N) is 1. The van der Waals surface area contributed by atoms with Crippen LogP contribution < -0.4 is 10.1 Å². The molecule has 7 heteroatoms. The molecule has 1 atom stereocenters. The molecule has 27 heavy (non-hydrogen) atoms. The van der Waals surface area contributed by atoms with E-state index in [2.05, 4.69) is 10.3 Å². The zero-order valence-electron chi connectivity index (χ0n) is 14.6. The van der Waals surface area contributed by atoms with Crippen molar-refractivity contribution in [2.24, 2.45) is 0 Å². The van der Waals surface area contributed by atoms with Crippen LogP contribution in [0, 0.1) is 0 Å². The molecule has 1 N–H and O–H groups in total. The predicted octanol–water partition coefficient (Wildman–Crippen LogP) is 3.35. The second-order valence-electron chi connectivity index (χ2n) is 6.82. The number of amides is 1. The number of benzene rings is 1. The van der Waals surface area contributed by atoms with Gasteiger partial charge in [-0.05, 0) is 29.6 Å². The van der Waals surface area contributed by atoms with Gasteiger partial charge >= 0.3 is 0 Å².